The summed E-state index contributed by atoms with van der Waals surface area (Å²) in [6, 6.07) is 5.68. The molecule has 5 heteroatoms. The lowest BCUT2D eigenvalue weighted by molar-refractivity contribution is 0.410. The third-order valence-corrected chi connectivity index (χ3v) is 4.10. The van der Waals surface area contributed by atoms with Crippen LogP contribution in [0.4, 0.5) is 0 Å². The van der Waals surface area contributed by atoms with Gasteiger partial charge in [0.25, 0.3) is 0 Å². The number of halogens is 1. The van der Waals surface area contributed by atoms with E-state index in [2.05, 4.69) is 35.3 Å². The molecule has 2 heterocycles. The van der Waals surface area contributed by atoms with Crippen LogP contribution in [0, 0.1) is 0 Å². The van der Waals surface area contributed by atoms with Gasteiger partial charge >= 0.3 is 0 Å². The Morgan fingerprint density at radius 2 is 2.22 bits per heavy atom. The van der Waals surface area contributed by atoms with E-state index in [4.69, 9.17) is 16.3 Å². The number of nitrogens with zero attached hydrogens (tertiary/aromatic N) is 3. The predicted octanol–water partition coefficient (Wildman–Crippen LogP) is 4.29. The van der Waals surface area contributed by atoms with Gasteiger partial charge in [0, 0.05) is 36.6 Å². The molecule has 0 saturated carbocycles. The average molecular weight is 330 g/mol. The number of allylic oxidation sites excluding steroid dienone is 2. The molecule has 23 heavy (non-hydrogen) atoms. The summed E-state index contributed by atoms with van der Waals surface area (Å²) in [5, 5.41) is 5.13. The quantitative estimate of drug-likeness (QED) is 0.819. The first-order valence-electron chi connectivity index (χ1n) is 7.72. The molecule has 0 fully saturated rings. The van der Waals surface area contributed by atoms with Gasteiger partial charge in [0.15, 0.2) is 0 Å². The van der Waals surface area contributed by atoms with Crippen LogP contribution >= 0.6 is 11.6 Å². The molecule has 4 nitrogen and oxygen atoms in total. The molecular weight excluding hydrogens is 310 g/mol. The van der Waals surface area contributed by atoms with E-state index in [9.17, 15) is 0 Å². The van der Waals surface area contributed by atoms with Crippen LogP contribution in [0.1, 0.15) is 13.3 Å². The molecule has 120 valence electrons. The van der Waals surface area contributed by atoms with Crippen LogP contribution < -0.4 is 4.74 Å². The first kappa shape index (κ1) is 15.7. The zero-order valence-electron chi connectivity index (χ0n) is 13.4. The Hall–Kier alpha value is -2.20. The summed E-state index contributed by atoms with van der Waals surface area (Å²) < 4.78 is 7.08. The van der Waals surface area contributed by atoms with Crippen molar-refractivity contribution in [1.82, 2.24) is 14.7 Å². The molecule has 0 N–H and O–H groups in total. The van der Waals surface area contributed by atoms with Gasteiger partial charge < -0.3 is 9.64 Å². The molecule has 1 aliphatic rings. The van der Waals surface area contributed by atoms with Crippen molar-refractivity contribution in [3.8, 4) is 16.9 Å². The zero-order chi connectivity index (χ0) is 16.2. The Balaban J connectivity index is 1.87. The molecule has 0 unspecified atom stereocenters. The minimum Gasteiger partial charge on any atom is -0.497 e. The van der Waals surface area contributed by atoms with Crippen molar-refractivity contribution in [1.29, 1.82) is 0 Å². The molecular formula is C18H20ClN3O. The van der Waals surface area contributed by atoms with Crippen LogP contribution in [0.2, 0.25) is 5.02 Å². The van der Waals surface area contributed by atoms with Crippen LogP contribution in [-0.4, -0.2) is 34.9 Å². The maximum absolute atomic E-state index is 6.35. The minimum absolute atomic E-state index is 0.657. The number of benzene rings is 1. The van der Waals surface area contributed by atoms with Gasteiger partial charge in [-0.1, -0.05) is 24.6 Å². The average Bonchev–Trinajstić information content (AvgIpc) is 3.05. The molecule has 1 aliphatic heterocycles. The normalized spacial score (nSPS) is 14.0. The number of hydrogen-bond acceptors (Lipinski definition) is 3. The van der Waals surface area contributed by atoms with Crippen molar-refractivity contribution >= 4 is 17.3 Å². The highest BCUT2D eigenvalue weighted by Gasteiger charge is 2.11. The Kier molecular flexibility index (Phi) is 4.72. The summed E-state index contributed by atoms with van der Waals surface area (Å²) >= 11 is 6.35. The first-order chi connectivity index (χ1) is 11.2. The fourth-order valence-corrected chi connectivity index (χ4v) is 2.91. The van der Waals surface area contributed by atoms with Crippen molar-refractivity contribution < 1.29 is 4.74 Å². The standard InChI is InChI=1S/C18H20ClN3O/c1-3-8-21-9-4-5-15(13-21)22-12-14(11-20-22)17-7-6-16(23-2)10-18(17)19/h4-7,10-13H,3,8-9H2,1-2H3. The van der Waals surface area contributed by atoms with E-state index in [-0.39, 0.29) is 0 Å². The predicted molar refractivity (Wildman–Crippen MR) is 94.5 cm³/mol. The lowest BCUT2D eigenvalue weighted by Gasteiger charge is -2.22. The Morgan fingerprint density at radius 1 is 1.35 bits per heavy atom. The molecule has 1 aromatic carbocycles. The topological polar surface area (TPSA) is 30.3 Å². The van der Waals surface area contributed by atoms with E-state index in [0.717, 1.165) is 42.1 Å². The van der Waals surface area contributed by atoms with Gasteiger partial charge in [-0.05, 0) is 30.7 Å². The molecule has 0 saturated heterocycles. The third-order valence-electron chi connectivity index (χ3n) is 3.79. The van der Waals surface area contributed by atoms with Crippen LogP contribution in [0.15, 0.2) is 48.9 Å². The Labute approximate surface area is 141 Å². The summed E-state index contributed by atoms with van der Waals surface area (Å²) in [4.78, 5) is 2.29. The van der Waals surface area contributed by atoms with Crippen LogP contribution in [0.3, 0.4) is 0 Å². The zero-order valence-corrected chi connectivity index (χ0v) is 14.1. The second-order valence-electron chi connectivity index (χ2n) is 5.47. The van der Waals surface area contributed by atoms with E-state index in [1.807, 2.05) is 35.3 Å². The number of rotatable bonds is 5. The van der Waals surface area contributed by atoms with Gasteiger partial charge in [-0.15, -0.1) is 0 Å². The summed E-state index contributed by atoms with van der Waals surface area (Å²) in [5.41, 5.74) is 2.99. The van der Waals surface area contributed by atoms with Crippen LogP contribution in [-0.2, 0) is 0 Å². The highest BCUT2D eigenvalue weighted by molar-refractivity contribution is 6.33. The van der Waals surface area contributed by atoms with Crippen molar-refractivity contribution in [2.24, 2.45) is 0 Å². The van der Waals surface area contributed by atoms with Crippen molar-refractivity contribution in [2.75, 3.05) is 20.2 Å². The molecule has 3 rings (SSSR count). The van der Waals surface area contributed by atoms with Crippen molar-refractivity contribution in [2.45, 2.75) is 13.3 Å². The van der Waals surface area contributed by atoms with E-state index in [0.29, 0.717) is 5.02 Å². The molecule has 2 aromatic rings. The van der Waals surface area contributed by atoms with Crippen LogP contribution in [0.25, 0.3) is 16.8 Å². The maximum atomic E-state index is 6.35. The first-order valence-corrected chi connectivity index (χ1v) is 8.10. The molecule has 1 aromatic heterocycles. The molecule has 0 atom stereocenters. The van der Waals surface area contributed by atoms with Gasteiger partial charge in [-0.25, -0.2) is 4.68 Å². The van der Waals surface area contributed by atoms with Crippen LogP contribution in [0.5, 0.6) is 5.75 Å². The number of aromatic nitrogens is 2. The summed E-state index contributed by atoms with van der Waals surface area (Å²) in [5.74, 6) is 0.749. The van der Waals surface area contributed by atoms with Gasteiger partial charge in [-0.3, -0.25) is 0 Å². The lowest BCUT2D eigenvalue weighted by Crippen LogP contribution is -2.21. The van der Waals surface area contributed by atoms with Gasteiger partial charge in [0.1, 0.15) is 5.75 Å². The molecule has 0 amide bonds. The Morgan fingerprint density at radius 3 is 2.96 bits per heavy atom. The highest BCUT2D eigenvalue weighted by atomic mass is 35.5. The molecule has 0 bridgehead atoms. The second-order valence-corrected chi connectivity index (χ2v) is 5.88. The Bertz CT molecular complexity index is 748. The van der Waals surface area contributed by atoms with Crippen molar-refractivity contribution in [3.63, 3.8) is 0 Å². The smallest absolute Gasteiger partial charge is 0.120 e. The number of hydrogen-bond donors (Lipinski definition) is 0. The third kappa shape index (κ3) is 3.42. The van der Waals surface area contributed by atoms with Gasteiger partial charge in [0.05, 0.1) is 24.0 Å². The second kappa shape index (κ2) is 6.92. The fourth-order valence-electron chi connectivity index (χ4n) is 2.63. The SMILES string of the molecule is CCCN1C=C(n2cc(-c3ccc(OC)cc3Cl)cn2)C=CC1. The molecule has 0 aliphatic carbocycles. The molecule has 0 radical (unpaired) electrons. The van der Waals surface area contributed by atoms with E-state index >= 15 is 0 Å². The largest absolute Gasteiger partial charge is 0.497 e. The summed E-state index contributed by atoms with van der Waals surface area (Å²) in [6.45, 7) is 4.19. The summed E-state index contributed by atoms with van der Waals surface area (Å²) in [7, 11) is 1.63. The number of methoxy groups -OCH3 is 1. The summed E-state index contributed by atoms with van der Waals surface area (Å²) in [6.07, 6.45) is 11.4. The fraction of sp³-hybridized carbons (Fsp3) is 0.278. The lowest BCUT2D eigenvalue weighted by atomic mass is 10.1. The monoisotopic (exact) mass is 329 g/mol. The van der Waals surface area contributed by atoms with Gasteiger partial charge in [-0.2, -0.15) is 5.10 Å². The molecule has 0 spiro atoms. The van der Waals surface area contributed by atoms with E-state index in [1.54, 1.807) is 7.11 Å². The van der Waals surface area contributed by atoms with Crippen molar-refractivity contribution in [3.05, 3.63) is 54.0 Å². The van der Waals surface area contributed by atoms with E-state index in [1.165, 1.54) is 0 Å². The highest BCUT2D eigenvalue weighted by Crippen LogP contribution is 2.31. The number of ether oxygens (including phenoxy) is 1. The van der Waals surface area contributed by atoms with Gasteiger partial charge in [0.2, 0.25) is 0 Å². The maximum Gasteiger partial charge on any atom is 0.120 e. The minimum atomic E-state index is 0.657. The van der Waals surface area contributed by atoms with E-state index < -0.39 is 0 Å².